The lowest BCUT2D eigenvalue weighted by molar-refractivity contribution is 0.239. The molecule has 1 atom stereocenters. The Hall–Kier alpha value is -1.56. The van der Waals surface area contributed by atoms with Gasteiger partial charge in [0.15, 0.2) is 9.84 Å². The van der Waals surface area contributed by atoms with Crippen molar-refractivity contribution in [2.45, 2.75) is 19.8 Å². The molecule has 2 amide bonds. The van der Waals surface area contributed by atoms with E-state index in [0.29, 0.717) is 19.5 Å². The van der Waals surface area contributed by atoms with Crippen molar-refractivity contribution < 1.29 is 13.2 Å². The normalized spacial score (nSPS) is 20.1. The maximum Gasteiger partial charge on any atom is 0.314 e. The molecule has 0 saturated carbocycles. The summed E-state index contributed by atoms with van der Waals surface area (Å²) in [6, 6.07) is 7.86. The Morgan fingerprint density at radius 2 is 2.05 bits per heavy atom. The monoisotopic (exact) mass is 310 g/mol. The Labute approximate surface area is 126 Å². The van der Waals surface area contributed by atoms with Gasteiger partial charge in [0.1, 0.15) is 0 Å². The van der Waals surface area contributed by atoms with Gasteiger partial charge in [0.2, 0.25) is 0 Å². The van der Waals surface area contributed by atoms with Crippen LogP contribution >= 0.6 is 0 Å². The minimum Gasteiger partial charge on any atom is -0.338 e. The molecule has 1 aliphatic heterocycles. The van der Waals surface area contributed by atoms with Gasteiger partial charge in [-0.25, -0.2) is 13.2 Å². The number of benzene rings is 1. The number of amides is 2. The van der Waals surface area contributed by atoms with Gasteiger partial charge in [-0.05, 0) is 36.8 Å². The second kappa shape index (κ2) is 6.93. The highest BCUT2D eigenvalue weighted by Crippen LogP contribution is 2.17. The van der Waals surface area contributed by atoms with Crippen molar-refractivity contribution >= 4 is 15.9 Å². The van der Waals surface area contributed by atoms with Crippen LogP contribution in [0, 0.1) is 12.8 Å². The highest BCUT2D eigenvalue weighted by atomic mass is 32.2. The molecule has 21 heavy (non-hydrogen) atoms. The fraction of sp³-hybridized carbons (Fsp3) is 0.533. The van der Waals surface area contributed by atoms with E-state index < -0.39 is 9.84 Å². The predicted octanol–water partition coefficient (Wildman–Crippen LogP) is 1.27. The summed E-state index contributed by atoms with van der Waals surface area (Å²) in [4.78, 5) is 11.7. The first kappa shape index (κ1) is 15.8. The van der Waals surface area contributed by atoms with Crippen LogP contribution in [0.5, 0.6) is 0 Å². The molecule has 1 fully saturated rings. The highest BCUT2D eigenvalue weighted by Gasteiger charge is 2.27. The molecule has 0 radical (unpaired) electrons. The second-order valence-electron chi connectivity index (χ2n) is 5.58. The Morgan fingerprint density at radius 1 is 1.29 bits per heavy atom. The standard InChI is InChI=1S/C15H22N2O3S/c1-12-4-2-3-5-14(12)6-8-16-15(18)17-10-13-7-9-21(19,20)11-13/h2-5,13H,6-11H2,1H3,(H2,16,17,18). The topological polar surface area (TPSA) is 75.3 Å². The van der Waals surface area contributed by atoms with E-state index >= 15 is 0 Å². The number of carbonyl (C=O) groups is 1. The summed E-state index contributed by atoms with van der Waals surface area (Å²) in [5.41, 5.74) is 2.44. The number of rotatable bonds is 5. The fourth-order valence-corrected chi connectivity index (χ4v) is 4.40. The lowest BCUT2D eigenvalue weighted by Crippen LogP contribution is -2.39. The van der Waals surface area contributed by atoms with Crippen LogP contribution in [-0.2, 0) is 16.3 Å². The molecule has 5 nitrogen and oxygen atoms in total. The zero-order valence-corrected chi connectivity index (χ0v) is 13.1. The smallest absolute Gasteiger partial charge is 0.314 e. The third kappa shape index (κ3) is 5.04. The van der Waals surface area contributed by atoms with Gasteiger partial charge in [-0.2, -0.15) is 0 Å². The molecule has 1 saturated heterocycles. The SMILES string of the molecule is Cc1ccccc1CCNC(=O)NCC1CCS(=O)(=O)C1. The van der Waals surface area contributed by atoms with Crippen molar-refractivity contribution in [1.82, 2.24) is 10.6 Å². The molecule has 1 aromatic rings. The van der Waals surface area contributed by atoms with Gasteiger partial charge in [-0.15, -0.1) is 0 Å². The maximum absolute atomic E-state index is 11.7. The van der Waals surface area contributed by atoms with Crippen LogP contribution in [0.15, 0.2) is 24.3 Å². The summed E-state index contributed by atoms with van der Waals surface area (Å²) in [6.45, 7) is 3.05. The summed E-state index contributed by atoms with van der Waals surface area (Å²) >= 11 is 0. The molecule has 1 aromatic carbocycles. The molecule has 6 heteroatoms. The van der Waals surface area contributed by atoms with E-state index in [2.05, 4.69) is 29.7 Å². The van der Waals surface area contributed by atoms with E-state index in [4.69, 9.17) is 0 Å². The van der Waals surface area contributed by atoms with Crippen LogP contribution in [0.25, 0.3) is 0 Å². The largest absolute Gasteiger partial charge is 0.338 e. The fourth-order valence-electron chi connectivity index (χ4n) is 2.53. The molecule has 2 rings (SSSR count). The summed E-state index contributed by atoms with van der Waals surface area (Å²) in [5, 5.41) is 5.55. The molecule has 0 spiro atoms. The van der Waals surface area contributed by atoms with Crippen molar-refractivity contribution in [2.24, 2.45) is 5.92 Å². The molecule has 0 aromatic heterocycles. The molecule has 1 heterocycles. The molecular formula is C15H22N2O3S. The van der Waals surface area contributed by atoms with Gasteiger partial charge in [0.25, 0.3) is 0 Å². The van der Waals surface area contributed by atoms with Crippen LogP contribution in [-0.4, -0.2) is 39.0 Å². The average Bonchev–Trinajstić information content (AvgIpc) is 2.78. The molecule has 2 N–H and O–H groups in total. The Bertz CT molecular complexity index is 599. The van der Waals surface area contributed by atoms with Crippen molar-refractivity contribution in [3.8, 4) is 0 Å². The van der Waals surface area contributed by atoms with Gasteiger partial charge < -0.3 is 10.6 Å². The Morgan fingerprint density at radius 3 is 2.71 bits per heavy atom. The van der Waals surface area contributed by atoms with E-state index in [9.17, 15) is 13.2 Å². The van der Waals surface area contributed by atoms with Crippen molar-refractivity contribution in [3.63, 3.8) is 0 Å². The summed E-state index contributed by atoms with van der Waals surface area (Å²) in [7, 11) is -2.87. The minimum absolute atomic E-state index is 0.0529. The highest BCUT2D eigenvalue weighted by molar-refractivity contribution is 7.91. The summed E-state index contributed by atoms with van der Waals surface area (Å²) in [6.07, 6.45) is 1.43. The van der Waals surface area contributed by atoms with Gasteiger partial charge in [-0.3, -0.25) is 0 Å². The second-order valence-corrected chi connectivity index (χ2v) is 7.81. The van der Waals surface area contributed by atoms with Crippen LogP contribution in [0.3, 0.4) is 0 Å². The van der Waals surface area contributed by atoms with Gasteiger partial charge in [0.05, 0.1) is 11.5 Å². The number of urea groups is 1. The number of carbonyl (C=O) groups excluding carboxylic acids is 1. The van der Waals surface area contributed by atoms with Crippen molar-refractivity contribution in [3.05, 3.63) is 35.4 Å². The maximum atomic E-state index is 11.7. The van der Waals surface area contributed by atoms with Crippen molar-refractivity contribution in [1.29, 1.82) is 0 Å². The van der Waals surface area contributed by atoms with Crippen LogP contribution < -0.4 is 10.6 Å². The predicted molar refractivity (Wildman–Crippen MR) is 83.0 cm³/mol. The van der Waals surface area contributed by atoms with Gasteiger partial charge in [-0.1, -0.05) is 24.3 Å². The van der Waals surface area contributed by atoms with E-state index in [1.807, 2.05) is 12.1 Å². The van der Waals surface area contributed by atoms with E-state index in [-0.39, 0.29) is 23.5 Å². The van der Waals surface area contributed by atoms with Gasteiger partial charge >= 0.3 is 6.03 Å². The first-order valence-electron chi connectivity index (χ1n) is 7.23. The number of nitrogens with one attached hydrogen (secondary N) is 2. The van der Waals surface area contributed by atoms with Crippen LogP contribution in [0.1, 0.15) is 17.5 Å². The number of hydrogen-bond donors (Lipinski definition) is 2. The number of aryl methyl sites for hydroxylation is 1. The van der Waals surface area contributed by atoms with Gasteiger partial charge in [0, 0.05) is 13.1 Å². The zero-order chi connectivity index (χ0) is 15.3. The number of hydrogen-bond acceptors (Lipinski definition) is 3. The molecule has 0 bridgehead atoms. The van der Waals surface area contributed by atoms with Crippen LogP contribution in [0.2, 0.25) is 0 Å². The quantitative estimate of drug-likeness (QED) is 0.860. The zero-order valence-electron chi connectivity index (χ0n) is 12.3. The van der Waals surface area contributed by atoms with E-state index in [0.717, 1.165) is 6.42 Å². The molecule has 116 valence electrons. The molecule has 1 unspecified atom stereocenters. The first-order chi connectivity index (χ1) is 9.96. The lowest BCUT2D eigenvalue weighted by Gasteiger charge is -2.11. The first-order valence-corrected chi connectivity index (χ1v) is 9.05. The summed E-state index contributed by atoms with van der Waals surface area (Å²) < 4.78 is 22.6. The molecule has 0 aliphatic carbocycles. The molecular weight excluding hydrogens is 288 g/mol. The average molecular weight is 310 g/mol. The van der Waals surface area contributed by atoms with E-state index in [1.54, 1.807) is 0 Å². The molecule has 1 aliphatic rings. The summed E-state index contributed by atoms with van der Waals surface area (Å²) in [5.74, 6) is 0.488. The third-order valence-corrected chi connectivity index (χ3v) is 5.66. The minimum atomic E-state index is -2.87. The Kier molecular flexibility index (Phi) is 5.22. The lowest BCUT2D eigenvalue weighted by atomic mass is 10.1. The van der Waals surface area contributed by atoms with Crippen molar-refractivity contribution in [2.75, 3.05) is 24.6 Å². The van der Waals surface area contributed by atoms with Crippen LogP contribution in [0.4, 0.5) is 4.79 Å². The third-order valence-electron chi connectivity index (χ3n) is 3.82. The van der Waals surface area contributed by atoms with E-state index in [1.165, 1.54) is 11.1 Å². The number of sulfone groups is 1. The Balaban J connectivity index is 1.65.